The molecule has 8 N–H and O–H groups in total. The molecule has 5 atom stereocenters. The summed E-state index contributed by atoms with van der Waals surface area (Å²) in [5.41, 5.74) is 0.447. The number of hydrogen-bond donors (Lipinski definition) is 8. The second-order valence-corrected chi connectivity index (χ2v) is 8.05. The van der Waals surface area contributed by atoms with Crippen LogP contribution in [0.15, 0.2) is 12.5 Å². The van der Waals surface area contributed by atoms with Gasteiger partial charge in [0.2, 0.25) is 17.7 Å². The molecule has 34 heavy (non-hydrogen) atoms. The first-order valence-corrected chi connectivity index (χ1v) is 10.8. The Balaban J connectivity index is 2.08. The minimum atomic E-state index is -1.55. The Morgan fingerprint density at radius 2 is 1.85 bits per heavy atom. The second-order valence-electron chi connectivity index (χ2n) is 8.05. The number of carbonyl (C=O) groups excluding carboxylic acids is 3. The molecule has 0 radical (unpaired) electrons. The van der Waals surface area contributed by atoms with E-state index < -0.39 is 66.4 Å². The monoisotopic (exact) mass is 482 g/mol. The summed E-state index contributed by atoms with van der Waals surface area (Å²) < 4.78 is 0. The average molecular weight is 482 g/mol. The van der Waals surface area contributed by atoms with E-state index in [1.807, 2.05) is 0 Å². The summed E-state index contributed by atoms with van der Waals surface area (Å²) in [6, 6.07) is -4.72. The third-order valence-electron chi connectivity index (χ3n) is 5.31. The van der Waals surface area contributed by atoms with Crippen molar-refractivity contribution < 1.29 is 39.3 Å². The molecule has 1 aliphatic heterocycles. The Kier molecular flexibility index (Phi) is 9.94. The van der Waals surface area contributed by atoms with Crippen LogP contribution in [0.3, 0.4) is 0 Å². The number of carbonyl (C=O) groups is 5. The number of aliphatic carboxylic acids is 2. The SMILES string of the molecule is CC(O)C(NC(=O)C(CCC(=O)O)NC(=O)C1CCCN1)C(=O)NC(Cc1cnc[nH]1)C(=O)O. The summed E-state index contributed by atoms with van der Waals surface area (Å²) >= 11 is 0. The summed E-state index contributed by atoms with van der Waals surface area (Å²) in [6.07, 6.45) is 1.87. The second kappa shape index (κ2) is 12.6. The van der Waals surface area contributed by atoms with Crippen molar-refractivity contribution >= 4 is 29.7 Å². The van der Waals surface area contributed by atoms with Gasteiger partial charge in [0, 0.05) is 24.7 Å². The minimum absolute atomic E-state index is 0.118. The number of imidazole rings is 1. The van der Waals surface area contributed by atoms with Crippen LogP contribution in [0.4, 0.5) is 0 Å². The molecule has 188 valence electrons. The van der Waals surface area contributed by atoms with Gasteiger partial charge in [-0.2, -0.15) is 0 Å². The van der Waals surface area contributed by atoms with Crippen LogP contribution in [0.1, 0.15) is 38.3 Å². The first-order chi connectivity index (χ1) is 16.1. The number of nitrogens with zero attached hydrogens (tertiary/aromatic N) is 1. The van der Waals surface area contributed by atoms with Crippen molar-refractivity contribution in [2.75, 3.05) is 6.54 Å². The van der Waals surface area contributed by atoms with Crippen molar-refractivity contribution in [2.24, 2.45) is 0 Å². The van der Waals surface area contributed by atoms with Crippen LogP contribution in [0.25, 0.3) is 0 Å². The molecule has 1 aromatic heterocycles. The van der Waals surface area contributed by atoms with Gasteiger partial charge < -0.3 is 41.6 Å². The molecule has 0 aliphatic carbocycles. The van der Waals surface area contributed by atoms with Crippen LogP contribution < -0.4 is 21.3 Å². The van der Waals surface area contributed by atoms with Crippen LogP contribution in [-0.2, 0) is 30.4 Å². The number of aromatic amines is 1. The van der Waals surface area contributed by atoms with E-state index in [4.69, 9.17) is 5.11 Å². The number of carboxylic acid groups (broad SMARTS) is 2. The first kappa shape index (κ1) is 26.7. The lowest BCUT2D eigenvalue weighted by molar-refractivity contribution is -0.143. The Hall–Kier alpha value is -3.52. The fraction of sp³-hybridized carbons (Fsp3) is 0.600. The van der Waals surface area contributed by atoms with Crippen LogP contribution in [0, 0.1) is 0 Å². The molecule has 5 unspecified atom stereocenters. The standard InChI is InChI=1S/C20H30N6O8/c1-10(27)16(19(32)25-14(20(33)34)7-11-8-21-9-23-11)26-18(31)13(4-5-15(28)29)24-17(30)12-3-2-6-22-12/h8-10,12-14,16,22,27H,2-7H2,1H3,(H,21,23)(H,24,30)(H,25,32)(H,26,31)(H,28,29)(H,33,34). The van der Waals surface area contributed by atoms with E-state index in [1.54, 1.807) is 0 Å². The van der Waals surface area contributed by atoms with Gasteiger partial charge in [0.15, 0.2) is 0 Å². The number of hydrogen-bond acceptors (Lipinski definition) is 8. The molecule has 0 aromatic carbocycles. The number of aliphatic hydroxyl groups is 1. The Labute approximate surface area is 194 Å². The van der Waals surface area contributed by atoms with Crippen molar-refractivity contribution in [1.29, 1.82) is 0 Å². The van der Waals surface area contributed by atoms with Crippen LogP contribution in [-0.4, -0.2) is 91.8 Å². The molecule has 0 bridgehead atoms. The van der Waals surface area contributed by atoms with Crippen molar-refractivity contribution in [2.45, 2.75) is 69.3 Å². The maximum Gasteiger partial charge on any atom is 0.326 e. The maximum absolute atomic E-state index is 12.8. The van der Waals surface area contributed by atoms with Gasteiger partial charge in [-0.15, -0.1) is 0 Å². The zero-order valence-electron chi connectivity index (χ0n) is 18.6. The Morgan fingerprint density at radius 1 is 1.12 bits per heavy atom. The molecule has 14 nitrogen and oxygen atoms in total. The first-order valence-electron chi connectivity index (χ1n) is 10.8. The van der Waals surface area contributed by atoms with Gasteiger partial charge in [0.05, 0.1) is 18.5 Å². The van der Waals surface area contributed by atoms with E-state index >= 15 is 0 Å². The average Bonchev–Trinajstić information content (AvgIpc) is 3.47. The number of H-pyrrole nitrogens is 1. The minimum Gasteiger partial charge on any atom is -0.481 e. The molecule has 2 heterocycles. The molecule has 0 spiro atoms. The molecule has 1 saturated heterocycles. The van der Waals surface area contributed by atoms with Gasteiger partial charge in [-0.3, -0.25) is 19.2 Å². The quantitative estimate of drug-likeness (QED) is 0.147. The highest BCUT2D eigenvalue weighted by atomic mass is 16.4. The summed E-state index contributed by atoms with van der Waals surface area (Å²) in [7, 11) is 0. The normalized spacial score (nSPS) is 18.8. The number of nitrogens with one attached hydrogen (secondary N) is 5. The number of carboxylic acids is 2. The topological polar surface area (TPSA) is 223 Å². The van der Waals surface area contributed by atoms with Crippen molar-refractivity contribution in [3.8, 4) is 0 Å². The van der Waals surface area contributed by atoms with E-state index in [9.17, 15) is 34.2 Å². The largest absolute Gasteiger partial charge is 0.481 e. The summed E-state index contributed by atoms with van der Waals surface area (Å²) in [5, 5.41) is 38.5. The fourth-order valence-corrected chi connectivity index (χ4v) is 3.45. The van der Waals surface area contributed by atoms with Gasteiger partial charge in [0.1, 0.15) is 18.1 Å². The lowest BCUT2D eigenvalue weighted by Crippen LogP contribution is -2.60. The highest BCUT2D eigenvalue weighted by molar-refractivity contribution is 5.94. The predicted octanol–water partition coefficient (Wildman–Crippen LogP) is -2.51. The molecule has 2 rings (SSSR count). The summed E-state index contributed by atoms with van der Waals surface area (Å²) in [4.78, 5) is 67.1. The number of aliphatic hydroxyl groups excluding tert-OH is 1. The molecule has 1 fully saturated rings. The van der Waals surface area contributed by atoms with Crippen LogP contribution in [0.5, 0.6) is 0 Å². The maximum atomic E-state index is 12.8. The molecule has 1 aliphatic rings. The van der Waals surface area contributed by atoms with Crippen LogP contribution >= 0.6 is 0 Å². The van der Waals surface area contributed by atoms with Gasteiger partial charge >= 0.3 is 11.9 Å². The van der Waals surface area contributed by atoms with E-state index in [0.717, 1.165) is 6.42 Å². The fourth-order valence-electron chi connectivity index (χ4n) is 3.45. The summed E-state index contributed by atoms with van der Waals surface area (Å²) in [5.74, 6) is -4.84. The number of amides is 3. The van der Waals surface area contributed by atoms with E-state index in [1.165, 1.54) is 19.4 Å². The lowest BCUT2D eigenvalue weighted by Gasteiger charge is -2.26. The number of aromatic nitrogens is 2. The van der Waals surface area contributed by atoms with E-state index in [2.05, 4.69) is 31.2 Å². The highest BCUT2D eigenvalue weighted by Gasteiger charge is 2.33. The number of rotatable bonds is 13. The zero-order chi connectivity index (χ0) is 25.3. The Morgan fingerprint density at radius 3 is 2.38 bits per heavy atom. The van der Waals surface area contributed by atoms with Crippen molar-refractivity contribution in [1.82, 2.24) is 31.2 Å². The van der Waals surface area contributed by atoms with Gasteiger partial charge in [-0.1, -0.05) is 0 Å². The molecule has 1 aromatic rings. The van der Waals surface area contributed by atoms with Crippen molar-refractivity contribution in [3.63, 3.8) is 0 Å². The molecular formula is C20H30N6O8. The predicted molar refractivity (Wildman–Crippen MR) is 115 cm³/mol. The van der Waals surface area contributed by atoms with Gasteiger partial charge in [-0.05, 0) is 32.7 Å². The smallest absolute Gasteiger partial charge is 0.326 e. The van der Waals surface area contributed by atoms with E-state index in [-0.39, 0.29) is 12.8 Å². The molecule has 14 heteroatoms. The third-order valence-corrected chi connectivity index (χ3v) is 5.31. The highest BCUT2D eigenvalue weighted by Crippen LogP contribution is 2.08. The summed E-state index contributed by atoms with van der Waals surface area (Å²) in [6.45, 7) is 1.86. The third kappa shape index (κ3) is 8.12. The van der Waals surface area contributed by atoms with Crippen molar-refractivity contribution in [3.05, 3.63) is 18.2 Å². The zero-order valence-corrected chi connectivity index (χ0v) is 18.6. The van der Waals surface area contributed by atoms with E-state index in [0.29, 0.717) is 18.7 Å². The Bertz CT molecular complexity index is 868. The van der Waals surface area contributed by atoms with Crippen LogP contribution in [0.2, 0.25) is 0 Å². The lowest BCUT2D eigenvalue weighted by atomic mass is 10.1. The molecule has 0 saturated carbocycles. The van der Waals surface area contributed by atoms with Gasteiger partial charge in [-0.25, -0.2) is 9.78 Å². The van der Waals surface area contributed by atoms with Gasteiger partial charge in [0.25, 0.3) is 0 Å². The molecular weight excluding hydrogens is 452 g/mol. The molecule has 3 amide bonds.